The molecule has 0 saturated heterocycles. The minimum atomic E-state index is 0.646. The van der Waals surface area contributed by atoms with E-state index >= 15 is 0 Å². The van der Waals surface area contributed by atoms with Crippen molar-refractivity contribution in [3.8, 4) is 23.3 Å². The number of H-pyrrole nitrogens is 2. The summed E-state index contributed by atoms with van der Waals surface area (Å²) >= 11 is 0. The SMILES string of the molecule is CC#Cc1cc(OCCCCCc2nnn[nH]2)c(C)cc1OCCCCCc1nnn[nH]1. The Labute approximate surface area is 187 Å². The molecule has 170 valence electrons. The Hall–Kier alpha value is -3.48. The number of hydrogen-bond acceptors (Lipinski definition) is 8. The van der Waals surface area contributed by atoms with Crippen LogP contribution in [0.5, 0.6) is 11.5 Å². The second-order valence-electron chi connectivity index (χ2n) is 7.50. The van der Waals surface area contributed by atoms with Crippen molar-refractivity contribution in [3.63, 3.8) is 0 Å². The first-order chi connectivity index (χ1) is 15.8. The number of aromatic nitrogens is 8. The number of hydrogen-bond donors (Lipinski definition) is 2. The number of nitrogens with zero attached hydrogens (tertiary/aromatic N) is 6. The minimum Gasteiger partial charge on any atom is -0.493 e. The zero-order valence-electron chi connectivity index (χ0n) is 18.7. The molecule has 3 rings (SSSR count). The number of ether oxygens (including phenoxy) is 2. The van der Waals surface area contributed by atoms with Crippen molar-refractivity contribution in [3.05, 3.63) is 34.9 Å². The summed E-state index contributed by atoms with van der Waals surface area (Å²) in [5.41, 5.74) is 1.91. The van der Waals surface area contributed by atoms with Crippen LogP contribution in [0.3, 0.4) is 0 Å². The van der Waals surface area contributed by atoms with Gasteiger partial charge >= 0.3 is 0 Å². The lowest BCUT2D eigenvalue weighted by Crippen LogP contribution is -2.03. The highest BCUT2D eigenvalue weighted by atomic mass is 16.5. The molecule has 0 fully saturated rings. The first-order valence-corrected chi connectivity index (χ1v) is 11.0. The van der Waals surface area contributed by atoms with Crippen LogP contribution < -0.4 is 9.47 Å². The maximum atomic E-state index is 6.03. The first kappa shape index (κ1) is 23.2. The molecule has 0 unspecified atom stereocenters. The van der Waals surface area contributed by atoms with E-state index in [0.717, 1.165) is 85.6 Å². The topological polar surface area (TPSA) is 127 Å². The molecule has 0 radical (unpaired) electrons. The van der Waals surface area contributed by atoms with Gasteiger partial charge in [0.05, 0.1) is 18.8 Å². The molecular weight excluding hydrogens is 408 g/mol. The fourth-order valence-electron chi connectivity index (χ4n) is 3.25. The summed E-state index contributed by atoms with van der Waals surface area (Å²) in [5, 5.41) is 27.7. The third-order valence-electron chi connectivity index (χ3n) is 4.95. The van der Waals surface area contributed by atoms with Crippen LogP contribution >= 0.6 is 0 Å². The van der Waals surface area contributed by atoms with E-state index in [9.17, 15) is 0 Å². The highest BCUT2D eigenvalue weighted by Gasteiger charge is 2.09. The van der Waals surface area contributed by atoms with Crippen LogP contribution in [0.25, 0.3) is 0 Å². The molecule has 2 heterocycles. The number of aromatic amines is 2. The number of benzene rings is 1. The van der Waals surface area contributed by atoms with E-state index in [4.69, 9.17) is 9.47 Å². The van der Waals surface area contributed by atoms with Crippen LogP contribution in [0.4, 0.5) is 0 Å². The van der Waals surface area contributed by atoms with E-state index < -0.39 is 0 Å². The molecule has 10 heteroatoms. The van der Waals surface area contributed by atoms with Gasteiger partial charge in [-0.25, -0.2) is 10.2 Å². The molecule has 0 saturated carbocycles. The van der Waals surface area contributed by atoms with Crippen molar-refractivity contribution in [2.75, 3.05) is 13.2 Å². The Morgan fingerprint density at radius 3 is 1.91 bits per heavy atom. The average molecular weight is 439 g/mol. The summed E-state index contributed by atoms with van der Waals surface area (Å²) < 4.78 is 12.0. The van der Waals surface area contributed by atoms with Gasteiger partial charge in [0, 0.05) is 12.8 Å². The monoisotopic (exact) mass is 438 g/mol. The molecule has 3 aromatic rings. The molecule has 32 heavy (non-hydrogen) atoms. The normalized spacial score (nSPS) is 10.6. The van der Waals surface area contributed by atoms with Gasteiger partial charge in [0.2, 0.25) is 0 Å². The van der Waals surface area contributed by atoms with Crippen LogP contribution in [-0.4, -0.2) is 54.5 Å². The van der Waals surface area contributed by atoms with Gasteiger partial charge in [0.25, 0.3) is 0 Å². The fourth-order valence-corrected chi connectivity index (χ4v) is 3.25. The van der Waals surface area contributed by atoms with Gasteiger partial charge in [-0.05, 0) is 90.9 Å². The van der Waals surface area contributed by atoms with Crippen LogP contribution in [-0.2, 0) is 12.8 Å². The lowest BCUT2D eigenvalue weighted by Gasteiger charge is -2.14. The summed E-state index contributed by atoms with van der Waals surface area (Å²) in [6.45, 7) is 5.17. The fraction of sp³-hybridized carbons (Fsp3) is 0.545. The Morgan fingerprint density at radius 2 is 1.38 bits per heavy atom. The zero-order valence-corrected chi connectivity index (χ0v) is 18.7. The molecule has 0 spiro atoms. The van der Waals surface area contributed by atoms with Gasteiger partial charge in [0.1, 0.15) is 23.1 Å². The van der Waals surface area contributed by atoms with Crippen LogP contribution in [0, 0.1) is 18.8 Å². The van der Waals surface area contributed by atoms with Crippen LogP contribution in [0.1, 0.15) is 68.2 Å². The predicted octanol–water partition coefficient (Wildman–Crippen LogP) is 2.98. The Bertz CT molecular complexity index is 978. The zero-order chi connectivity index (χ0) is 22.4. The van der Waals surface area contributed by atoms with Crippen molar-refractivity contribution >= 4 is 0 Å². The highest BCUT2D eigenvalue weighted by Crippen LogP contribution is 2.28. The third-order valence-corrected chi connectivity index (χ3v) is 4.95. The van der Waals surface area contributed by atoms with E-state index in [1.807, 2.05) is 26.0 Å². The Balaban J connectivity index is 1.40. The smallest absolute Gasteiger partial charge is 0.148 e. The largest absolute Gasteiger partial charge is 0.493 e. The maximum Gasteiger partial charge on any atom is 0.148 e. The van der Waals surface area contributed by atoms with Gasteiger partial charge in [-0.2, -0.15) is 0 Å². The first-order valence-electron chi connectivity index (χ1n) is 11.0. The lowest BCUT2D eigenvalue weighted by atomic mass is 10.1. The number of unbranched alkanes of at least 4 members (excludes halogenated alkanes) is 4. The molecule has 0 aliphatic heterocycles. The van der Waals surface area contributed by atoms with E-state index in [1.165, 1.54) is 0 Å². The molecule has 10 nitrogen and oxygen atoms in total. The molecule has 2 N–H and O–H groups in total. The van der Waals surface area contributed by atoms with E-state index in [2.05, 4.69) is 53.1 Å². The van der Waals surface area contributed by atoms with Gasteiger partial charge in [0.15, 0.2) is 0 Å². The Morgan fingerprint density at radius 1 is 0.781 bits per heavy atom. The molecule has 0 atom stereocenters. The average Bonchev–Trinajstić information content (AvgIpc) is 3.50. The highest BCUT2D eigenvalue weighted by molar-refractivity contribution is 5.53. The van der Waals surface area contributed by atoms with Crippen LogP contribution in [0.2, 0.25) is 0 Å². The van der Waals surface area contributed by atoms with Crippen molar-refractivity contribution in [1.29, 1.82) is 0 Å². The summed E-state index contributed by atoms with van der Waals surface area (Å²) in [7, 11) is 0. The van der Waals surface area contributed by atoms with Crippen molar-refractivity contribution in [2.24, 2.45) is 0 Å². The van der Waals surface area contributed by atoms with Crippen molar-refractivity contribution < 1.29 is 9.47 Å². The van der Waals surface area contributed by atoms with Gasteiger partial charge < -0.3 is 9.47 Å². The number of tetrazole rings is 2. The lowest BCUT2D eigenvalue weighted by molar-refractivity contribution is 0.295. The van der Waals surface area contributed by atoms with Gasteiger partial charge in [-0.15, -0.1) is 16.1 Å². The molecule has 0 aliphatic carbocycles. The predicted molar refractivity (Wildman–Crippen MR) is 118 cm³/mol. The van der Waals surface area contributed by atoms with E-state index in [1.54, 1.807) is 0 Å². The maximum absolute atomic E-state index is 6.03. The number of aryl methyl sites for hydroxylation is 3. The quantitative estimate of drug-likeness (QED) is 0.290. The molecule has 1 aromatic carbocycles. The molecule has 0 aliphatic rings. The van der Waals surface area contributed by atoms with E-state index in [0.29, 0.717) is 13.2 Å². The van der Waals surface area contributed by atoms with Crippen LogP contribution in [0.15, 0.2) is 12.1 Å². The summed E-state index contributed by atoms with van der Waals surface area (Å²) in [5.74, 6) is 9.42. The van der Waals surface area contributed by atoms with Gasteiger partial charge in [-0.1, -0.05) is 5.92 Å². The second kappa shape index (κ2) is 13.0. The van der Waals surface area contributed by atoms with E-state index in [-0.39, 0.29) is 0 Å². The summed E-state index contributed by atoms with van der Waals surface area (Å²) in [6.07, 6.45) is 7.77. The third kappa shape index (κ3) is 7.65. The summed E-state index contributed by atoms with van der Waals surface area (Å²) in [4.78, 5) is 0. The standard InChI is InChI=1S/C22H30N8O2/c1-3-10-18-16-19(31-13-8-4-6-11-21-23-27-28-24-21)17(2)15-20(18)32-14-9-5-7-12-22-25-29-30-26-22/h15-16H,4-9,11-14H2,1-2H3,(H,23,24,27,28)(H,25,26,29,30). The Kier molecular flexibility index (Phi) is 9.45. The number of rotatable bonds is 14. The van der Waals surface area contributed by atoms with Gasteiger partial charge in [-0.3, -0.25) is 0 Å². The molecular formula is C22H30N8O2. The molecule has 2 aromatic heterocycles. The number of nitrogens with one attached hydrogen (secondary N) is 2. The van der Waals surface area contributed by atoms with Crippen molar-refractivity contribution in [2.45, 2.75) is 65.2 Å². The second-order valence-corrected chi connectivity index (χ2v) is 7.50. The summed E-state index contributed by atoms with van der Waals surface area (Å²) in [6, 6.07) is 4.00. The molecule has 0 amide bonds. The van der Waals surface area contributed by atoms with Crippen molar-refractivity contribution in [1.82, 2.24) is 41.2 Å². The molecule has 0 bridgehead atoms. The minimum absolute atomic E-state index is 0.646.